The third kappa shape index (κ3) is 1.77. The summed E-state index contributed by atoms with van der Waals surface area (Å²) in [7, 11) is 0. The molecule has 1 N–H and O–H groups in total. The molecule has 0 bridgehead atoms. The quantitative estimate of drug-likeness (QED) is 0.773. The molecule has 0 aliphatic heterocycles. The van der Waals surface area contributed by atoms with E-state index in [1.165, 1.54) is 12.5 Å². The van der Waals surface area contributed by atoms with Crippen LogP contribution in [0.25, 0.3) is 0 Å². The van der Waals surface area contributed by atoms with E-state index in [4.69, 9.17) is 4.42 Å². The standard InChI is InChI=1S/C9H7N3O2/c13-8(7-3-1-2-4-10-7)12-9-11-5-6-14-9/h1-6H,(H,11,12,13). The molecule has 5 heteroatoms. The fourth-order valence-electron chi connectivity index (χ4n) is 0.943. The van der Waals surface area contributed by atoms with E-state index < -0.39 is 0 Å². The van der Waals surface area contributed by atoms with Crippen LogP contribution in [0.4, 0.5) is 6.01 Å². The van der Waals surface area contributed by atoms with Gasteiger partial charge in [-0.2, -0.15) is 0 Å². The van der Waals surface area contributed by atoms with Crippen molar-refractivity contribution in [3.8, 4) is 0 Å². The second kappa shape index (κ2) is 3.69. The largest absolute Gasteiger partial charge is 0.432 e. The monoisotopic (exact) mass is 189 g/mol. The Morgan fingerprint density at radius 3 is 2.86 bits per heavy atom. The first kappa shape index (κ1) is 8.43. The van der Waals surface area contributed by atoms with E-state index >= 15 is 0 Å². The number of anilines is 1. The molecule has 2 aromatic rings. The molecular weight excluding hydrogens is 182 g/mol. The van der Waals surface area contributed by atoms with Gasteiger partial charge in [0.25, 0.3) is 5.91 Å². The summed E-state index contributed by atoms with van der Waals surface area (Å²) in [6.45, 7) is 0. The smallest absolute Gasteiger partial charge is 0.301 e. The van der Waals surface area contributed by atoms with Crippen molar-refractivity contribution in [3.05, 3.63) is 42.5 Å². The molecule has 0 unspecified atom stereocenters. The third-order valence-electron chi connectivity index (χ3n) is 1.55. The molecule has 0 atom stereocenters. The van der Waals surface area contributed by atoms with Crippen molar-refractivity contribution < 1.29 is 9.21 Å². The predicted molar refractivity (Wildman–Crippen MR) is 48.7 cm³/mol. The molecule has 14 heavy (non-hydrogen) atoms. The average Bonchev–Trinajstić information content (AvgIpc) is 2.72. The van der Waals surface area contributed by atoms with Crippen molar-refractivity contribution >= 4 is 11.9 Å². The molecule has 0 saturated heterocycles. The minimum absolute atomic E-state index is 0.167. The van der Waals surface area contributed by atoms with E-state index in [1.54, 1.807) is 24.4 Å². The van der Waals surface area contributed by atoms with E-state index in [-0.39, 0.29) is 11.9 Å². The minimum Gasteiger partial charge on any atom is -0.432 e. The van der Waals surface area contributed by atoms with Crippen molar-refractivity contribution in [3.63, 3.8) is 0 Å². The minimum atomic E-state index is -0.340. The summed E-state index contributed by atoms with van der Waals surface area (Å²) in [6, 6.07) is 5.25. The van der Waals surface area contributed by atoms with Gasteiger partial charge < -0.3 is 4.42 Å². The van der Waals surface area contributed by atoms with Crippen LogP contribution < -0.4 is 5.32 Å². The van der Waals surface area contributed by atoms with Gasteiger partial charge in [-0.05, 0) is 12.1 Å². The number of nitrogens with zero attached hydrogens (tertiary/aromatic N) is 2. The first-order chi connectivity index (χ1) is 6.86. The van der Waals surface area contributed by atoms with Crippen molar-refractivity contribution in [2.45, 2.75) is 0 Å². The summed E-state index contributed by atoms with van der Waals surface area (Å²) in [5, 5.41) is 2.46. The number of hydrogen-bond donors (Lipinski definition) is 1. The van der Waals surface area contributed by atoms with Crippen LogP contribution in [0.5, 0.6) is 0 Å². The molecule has 0 spiro atoms. The van der Waals surface area contributed by atoms with Gasteiger partial charge in [-0.3, -0.25) is 15.1 Å². The van der Waals surface area contributed by atoms with Crippen LogP contribution in [-0.2, 0) is 0 Å². The molecule has 2 aromatic heterocycles. The second-order valence-corrected chi connectivity index (χ2v) is 2.51. The van der Waals surface area contributed by atoms with E-state index in [9.17, 15) is 4.79 Å². The third-order valence-corrected chi connectivity index (χ3v) is 1.55. The predicted octanol–water partition coefficient (Wildman–Crippen LogP) is 1.32. The topological polar surface area (TPSA) is 68.0 Å². The van der Waals surface area contributed by atoms with E-state index in [1.807, 2.05) is 0 Å². The lowest BCUT2D eigenvalue weighted by molar-refractivity contribution is 0.101. The number of carbonyl (C=O) groups excluding carboxylic acids is 1. The van der Waals surface area contributed by atoms with Gasteiger partial charge in [0.1, 0.15) is 12.0 Å². The Hall–Kier alpha value is -2.17. The molecule has 0 radical (unpaired) electrons. The van der Waals surface area contributed by atoms with Crippen LogP contribution in [0.15, 0.2) is 41.3 Å². The Morgan fingerprint density at radius 1 is 1.29 bits per heavy atom. The molecule has 0 saturated carbocycles. The van der Waals surface area contributed by atoms with Gasteiger partial charge >= 0.3 is 6.01 Å². The molecular formula is C9H7N3O2. The van der Waals surface area contributed by atoms with Crippen molar-refractivity contribution in [2.24, 2.45) is 0 Å². The van der Waals surface area contributed by atoms with Crippen LogP contribution in [0.1, 0.15) is 10.5 Å². The number of carbonyl (C=O) groups is 1. The normalized spacial score (nSPS) is 9.71. The first-order valence-corrected chi connectivity index (χ1v) is 3.98. The zero-order valence-electron chi connectivity index (χ0n) is 7.18. The Balaban J connectivity index is 2.11. The van der Waals surface area contributed by atoms with Gasteiger partial charge in [0.05, 0.1) is 6.20 Å². The highest BCUT2D eigenvalue weighted by molar-refractivity contribution is 6.01. The van der Waals surface area contributed by atoms with Crippen LogP contribution in [0.3, 0.4) is 0 Å². The van der Waals surface area contributed by atoms with E-state index in [0.717, 1.165) is 0 Å². The van der Waals surface area contributed by atoms with Gasteiger partial charge in [0.2, 0.25) is 0 Å². The number of amides is 1. The fourth-order valence-corrected chi connectivity index (χ4v) is 0.943. The number of pyridine rings is 1. The molecule has 2 heterocycles. The highest BCUT2D eigenvalue weighted by Crippen LogP contribution is 2.03. The van der Waals surface area contributed by atoms with Crippen molar-refractivity contribution in [1.82, 2.24) is 9.97 Å². The molecule has 70 valence electrons. The molecule has 0 aliphatic rings. The zero-order chi connectivity index (χ0) is 9.80. The molecule has 0 aliphatic carbocycles. The molecule has 5 nitrogen and oxygen atoms in total. The molecule has 2 rings (SSSR count). The summed E-state index contributed by atoms with van der Waals surface area (Å²) >= 11 is 0. The van der Waals surface area contributed by atoms with E-state index in [2.05, 4.69) is 15.3 Å². The van der Waals surface area contributed by atoms with Crippen LogP contribution in [0.2, 0.25) is 0 Å². The average molecular weight is 189 g/mol. The summed E-state index contributed by atoms with van der Waals surface area (Å²) in [5.41, 5.74) is 0.325. The number of nitrogens with one attached hydrogen (secondary N) is 1. The summed E-state index contributed by atoms with van der Waals surface area (Å²) in [6.07, 6.45) is 4.38. The van der Waals surface area contributed by atoms with Gasteiger partial charge in [0.15, 0.2) is 0 Å². The zero-order valence-corrected chi connectivity index (χ0v) is 7.18. The van der Waals surface area contributed by atoms with Gasteiger partial charge in [0, 0.05) is 6.20 Å². The summed E-state index contributed by atoms with van der Waals surface area (Å²) < 4.78 is 4.85. The number of oxazole rings is 1. The Morgan fingerprint density at radius 2 is 2.21 bits per heavy atom. The number of rotatable bonds is 2. The van der Waals surface area contributed by atoms with Gasteiger partial charge in [-0.25, -0.2) is 4.98 Å². The Bertz CT molecular complexity index is 411. The van der Waals surface area contributed by atoms with Gasteiger partial charge in [-0.15, -0.1) is 0 Å². The Labute approximate surface area is 79.8 Å². The number of hydrogen-bond acceptors (Lipinski definition) is 4. The lowest BCUT2D eigenvalue weighted by Gasteiger charge is -1.98. The van der Waals surface area contributed by atoms with E-state index in [0.29, 0.717) is 5.69 Å². The lowest BCUT2D eigenvalue weighted by Crippen LogP contribution is -2.13. The summed E-state index contributed by atoms with van der Waals surface area (Å²) in [4.78, 5) is 19.1. The maximum Gasteiger partial charge on any atom is 0.301 e. The van der Waals surface area contributed by atoms with Crippen LogP contribution >= 0.6 is 0 Å². The molecule has 0 fully saturated rings. The maximum absolute atomic E-state index is 11.4. The van der Waals surface area contributed by atoms with Gasteiger partial charge in [-0.1, -0.05) is 6.07 Å². The number of aromatic nitrogens is 2. The maximum atomic E-state index is 11.4. The molecule has 1 amide bonds. The fraction of sp³-hybridized carbons (Fsp3) is 0. The highest BCUT2D eigenvalue weighted by atomic mass is 16.4. The SMILES string of the molecule is O=C(Nc1ncco1)c1ccccn1. The highest BCUT2D eigenvalue weighted by Gasteiger charge is 2.08. The first-order valence-electron chi connectivity index (χ1n) is 3.98. The Kier molecular flexibility index (Phi) is 2.22. The van der Waals surface area contributed by atoms with Crippen molar-refractivity contribution in [2.75, 3.05) is 5.32 Å². The molecule has 0 aromatic carbocycles. The van der Waals surface area contributed by atoms with Crippen LogP contribution in [-0.4, -0.2) is 15.9 Å². The summed E-state index contributed by atoms with van der Waals surface area (Å²) in [5.74, 6) is -0.340. The van der Waals surface area contributed by atoms with Crippen LogP contribution in [0, 0.1) is 0 Å². The lowest BCUT2D eigenvalue weighted by atomic mass is 10.3. The second-order valence-electron chi connectivity index (χ2n) is 2.51. The van der Waals surface area contributed by atoms with Crippen molar-refractivity contribution in [1.29, 1.82) is 0 Å².